The number of hydrogen-bond donors (Lipinski definition) is 0. The number of ether oxygens (including phenoxy) is 1. The lowest BCUT2D eigenvalue weighted by molar-refractivity contribution is 0.0524. The van der Waals surface area contributed by atoms with E-state index < -0.39 is 18.0 Å². The van der Waals surface area contributed by atoms with Crippen LogP contribution in [0.5, 0.6) is 0 Å². The fourth-order valence-electron chi connectivity index (χ4n) is 1.20. The Labute approximate surface area is 110 Å². The molecule has 0 N–H and O–H groups in total. The van der Waals surface area contributed by atoms with Gasteiger partial charge in [-0.25, -0.2) is 13.6 Å². The lowest BCUT2D eigenvalue weighted by Crippen LogP contribution is -2.11. The van der Waals surface area contributed by atoms with E-state index in [1.165, 1.54) is 0 Å². The minimum Gasteiger partial charge on any atom is -0.462 e. The molecule has 0 aliphatic carbocycles. The highest BCUT2D eigenvalue weighted by Gasteiger charge is 2.24. The van der Waals surface area contributed by atoms with Gasteiger partial charge in [-0.15, -0.1) is 0 Å². The first-order chi connectivity index (χ1) is 8.02. The highest BCUT2D eigenvalue weighted by molar-refractivity contribution is 9.08. The Kier molecular flexibility index (Phi) is 5.27. The second-order valence-corrected chi connectivity index (χ2v) is 3.94. The van der Waals surface area contributed by atoms with Crippen LogP contribution in [0.1, 0.15) is 35.0 Å². The van der Waals surface area contributed by atoms with Gasteiger partial charge in [0.15, 0.2) is 0 Å². The molecule has 17 heavy (non-hydrogen) atoms. The minimum atomic E-state index is -2.78. The molecule has 0 aromatic carbocycles. The average Bonchev–Trinajstić information content (AvgIpc) is 2.27. The average molecular weight is 329 g/mol. The number of carbonyl (C=O) groups excluding carboxylic acids is 1. The summed E-state index contributed by atoms with van der Waals surface area (Å²) in [5.74, 6) is -0.748. The summed E-state index contributed by atoms with van der Waals surface area (Å²) in [6, 6.07) is 0. The molecule has 0 fully saturated rings. The molecule has 1 aromatic heterocycles. The molecule has 94 valence electrons. The van der Waals surface area contributed by atoms with Crippen LogP contribution < -0.4 is 0 Å². The SMILES string of the molecule is CCOC(=O)c1c(CBr)ncc(C(F)F)c1Cl. The predicted octanol–water partition coefficient (Wildman–Crippen LogP) is 3.74. The van der Waals surface area contributed by atoms with Crippen LogP contribution >= 0.6 is 27.5 Å². The van der Waals surface area contributed by atoms with Crippen LogP contribution in [0.25, 0.3) is 0 Å². The van der Waals surface area contributed by atoms with E-state index >= 15 is 0 Å². The molecule has 0 spiro atoms. The van der Waals surface area contributed by atoms with Crippen molar-refractivity contribution in [2.24, 2.45) is 0 Å². The summed E-state index contributed by atoms with van der Waals surface area (Å²) in [4.78, 5) is 15.4. The van der Waals surface area contributed by atoms with Gasteiger partial charge in [-0.3, -0.25) is 4.98 Å². The number of halogens is 4. The first-order valence-corrected chi connectivity index (χ1v) is 6.21. The first-order valence-electron chi connectivity index (χ1n) is 4.71. The topological polar surface area (TPSA) is 39.2 Å². The summed E-state index contributed by atoms with van der Waals surface area (Å²) >= 11 is 8.88. The molecule has 0 radical (unpaired) electrons. The quantitative estimate of drug-likeness (QED) is 0.624. The van der Waals surface area contributed by atoms with E-state index in [9.17, 15) is 13.6 Å². The van der Waals surface area contributed by atoms with Gasteiger partial charge in [0.05, 0.1) is 22.9 Å². The van der Waals surface area contributed by atoms with E-state index in [-0.39, 0.29) is 28.2 Å². The molecular formula is C10H9BrClF2NO2. The highest BCUT2D eigenvalue weighted by Crippen LogP contribution is 2.31. The number of esters is 1. The van der Waals surface area contributed by atoms with Crippen molar-refractivity contribution in [1.29, 1.82) is 0 Å². The van der Waals surface area contributed by atoms with Gasteiger partial charge in [0.1, 0.15) is 5.56 Å². The van der Waals surface area contributed by atoms with Gasteiger partial charge in [0, 0.05) is 11.5 Å². The van der Waals surface area contributed by atoms with Crippen molar-refractivity contribution in [1.82, 2.24) is 4.98 Å². The Hall–Kier alpha value is -0.750. The molecule has 0 bridgehead atoms. The van der Waals surface area contributed by atoms with Crippen molar-refractivity contribution in [3.63, 3.8) is 0 Å². The number of rotatable bonds is 4. The van der Waals surface area contributed by atoms with E-state index in [1.54, 1.807) is 6.92 Å². The molecule has 1 aromatic rings. The Bertz CT molecular complexity index is 429. The molecule has 7 heteroatoms. The summed E-state index contributed by atoms with van der Waals surface area (Å²) in [5.41, 5.74) is -0.305. The third kappa shape index (κ3) is 3.13. The standard InChI is InChI=1S/C10H9BrClF2NO2/c1-2-17-10(16)7-6(3-11)15-4-5(8(7)12)9(13)14/h4,9H,2-3H2,1H3. The van der Waals surface area contributed by atoms with Crippen LogP contribution in [-0.4, -0.2) is 17.6 Å². The van der Waals surface area contributed by atoms with Crippen molar-refractivity contribution in [2.75, 3.05) is 6.61 Å². The van der Waals surface area contributed by atoms with E-state index in [0.29, 0.717) is 0 Å². The molecule has 1 rings (SSSR count). The van der Waals surface area contributed by atoms with E-state index in [0.717, 1.165) is 6.20 Å². The number of pyridine rings is 1. The molecule has 0 saturated heterocycles. The number of nitrogens with zero attached hydrogens (tertiary/aromatic N) is 1. The maximum atomic E-state index is 12.6. The Balaban J connectivity index is 3.32. The smallest absolute Gasteiger partial charge is 0.341 e. The van der Waals surface area contributed by atoms with Crippen LogP contribution in [0.3, 0.4) is 0 Å². The van der Waals surface area contributed by atoms with E-state index in [2.05, 4.69) is 20.9 Å². The molecule has 0 atom stereocenters. The molecule has 0 amide bonds. The second-order valence-electron chi connectivity index (χ2n) is 3.00. The zero-order valence-electron chi connectivity index (χ0n) is 8.84. The maximum absolute atomic E-state index is 12.6. The van der Waals surface area contributed by atoms with E-state index in [1.807, 2.05) is 0 Å². The zero-order valence-corrected chi connectivity index (χ0v) is 11.2. The highest BCUT2D eigenvalue weighted by atomic mass is 79.9. The predicted molar refractivity (Wildman–Crippen MR) is 62.8 cm³/mol. The number of hydrogen-bond acceptors (Lipinski definition) is 3. The monoisotopic (exact) mass is 327 g/mol. The van der Waals surface area contributed by atoms with E-state index in [4.69, 9.17) is 16.3 Å². The number of alkyl halides is 3. The van der Waals surface area contributed by atoms with Crippen LogP contribution in [0.15, 0.2) is 6.20 Å². The molecule has 0 aliphatic rings. The van der Waals surface area contributed by atoms with Crippen molar-refractivity contribution in [3.8, 4) is 0 Å². The van der Waals surface area contributed by atoms with Gasteiger partial charge in [-0.1, -0.05) is 27.5 Å². The molecule has 3 nitrogen and oxygen atoms in total. The second kappa shape index (κ2) is 6.26. The Morgan fingerprint density at radius 3 is 2.76 bits per heavy atom. The van der Waals surface area contributed by atoms with Gasteiger partial charge in [0.25, 0.3) is 6.43 Å². The lowest BCUT2D eigenvalue weighted by atomic mass is 10.1. The number of aromatic nitrogens is 1. The maximum Gasteiger partial charge on any atom is 0.341 e. The van der Waals surface area contributed by atoms with Crippen LogP contribution in [-0.2, 0) is 10.1 Å². The fourth-order valence-corrected chi connectivity index (χ4v) is 1.95. The normalized spacial score (nSPS) is 10.7. The van der Waals surface area contributed by atoms with Gasteiger partial charge in [-0.2, -0.15) is 0 Å². The van der Waals surface area contributed by atoms with Crippen LogP contribution in [0.4, 0.5) is 8.78 Å². The summed E-state index contributed by atoms with van der Waals surface area (Å²) in [7, 11) is 0. The van der Waals surface area contributed by atoms with Crippen molar-refractivity contribution in [2.45, 2.75) is 18.7 Å². The Morgan fingerprint density at radius 1 is 1.65 bits per heavy atom. The molecule has 0 unspecified atom stereocenters. The molecule has 0 saturated carbocycles. The largest absolute Gasteiger partial charge is 0.462 e. The van der Waals surface area contributed by atoms with Gasteiger partial charge in [-0.05, 0) is 6.92 Å². The van der Waals surface area contributed by atoms with Crippen LogP contribution in [0.2, 0.25) is 5.02 Å². The third-order valence-corrected chi connectivity index (χ3v) is 2.90. The Morgan fingerprint density at radius 2 is 2.29 bits per heavy atom. The molecule has 0 aliphatic heterocycles. The zero-order chi connectivity index (χ0) is 13.0. The minimum absolute atomic E-state index is 0.108. The third-order valence-electron chi connectivity index (χ3n) is 1.96. The van der Waals surface area contributed by atoms with Crippen molar-refractivity contribution in [3.05, 3.63) is 28.0 Å². The van der Waals surface area contributed by atoms with Crippen molar-refractivity contribution >= 4 is 33.5 Å². The molecular weight excluding hydrogens is 319 g/mol. The van der Waals surface area contributed by atoms with Crippen molar-refractivity contribution < 1.29 is 18.3 Å². The van der Waals surface area contributed by atoms with Gasteiger partial charge < -0.3 is 4.74 Å². The number of carbonyl (C=O) groups is 1. The fraction of sp³-hybridized carbons (Fsp3) is 0.400. The summed E-state index contributed by atoms with van der Waals surface area (Å²) in [6.45, 7) is 1.75. The summed E-state index contributed by atoms with van der Waals surface area (Å²) in [5, 5.41) is -0.0763. The summed E-state index contributed by atoms with van der Waals surface area (Å²) in [6.07, 6.45) is -1.82. The molecule has 1 heterocycles. The summed E-state index contributed by atoms with van der Waals surface area (Å²) < 4.78 is 30.0. The van der Waals surface area contributed by atoms with Gasteiger partial charge >= 0.3 is 5.97 Å². The van der Waals surface area contributed by atoms with Gasteiger partial charge in [0.2, 0.25) is 0 Å². The lowest BCUT2D eigenvalue weighted by Gasteiger charge is -2.11. The first kappa shape index (κ1) is 14.3. The van der Waals surface area contributed by atoms with Crippen LogP contribution in [0, 0.1) is 0 Å².